The molecule has 2 aliphatic rings. The molecular formula is C15H29N. The number of hydrogen-bond acceptors (Lipinski definition) is 1. The largest absolute Gasteiger partial charge is 0.317 e. The summed E-state index contributed by atoms with van der Waals surface area (Å²) in [5.41, 5.74) is 1.22. The van der Waals surface area contributed by atoms with Crippen molar-refractivity contribution in [3.05, 3.63) is 0 Å². The molecule has 0 aromatic rings. The molecule has 16 heavy (non-hydrogen) atoms. The highest BCUT2D eigenvalue weighted by Crippen LogP contribution is 2.53. The Morgan fingerprint density at radius 2 is 1.19 bits per heavy atom. The molecule has 0 aromatic heterocycles. The van der Waals surface area contributed by atoms with Gasteiger partial charge in [0.2, 0.25) is 0 Å². The van der Waals surface area contributed by atoms with Crippen LogP contribution in [0.4, 0.5) is 0 Å². The molecule has 1 N–H and O–H groups in total. The van der Waals surface area contributed by atoms with E-state index in [0.29, 0.717) is 10.8 Å². The molecular weight excluding hydrogens is 194 g/mol. The van der Waals surface area contributed by atoms with Crippen molar-refractivity contribution < 1.29 is 0 Å². The molecule has 94 valence electrons. The van der Waals surface area contributed by atoms with Crippen molar-refractivity contribution in [2.75, 3.05) is 13.1 Å². The lowest BCUT2D eigenvalue weighted by atomic mass is 9.58. The molecule has 2 rings (SSSR count). The monoisotopic (exact) mass is 223 g/mol. The van der Waals surface area contributed by atoms with Crippen LogP contribution < -0.4 is 5.32 Å². The highest BCUT2D eigenvalue weighted by Gasteiger charge is 2.43. The maximum atomic E-state index is 3.57. The van der Waals surface area contributed by atoms with Gasteiger partial charge in [-0.3, -0.25) is 0 Å². The molecule has 1 heterocycles. The standard InChI is InChI=1S/C15H29N/c1-14(8-5-3-4-6-9-14)15(2)10-7-12-16-13-11-15/h16H,3-13H2,1-2H3. The fraction of sp³-hybridized carbons (Fsp3) is 1.00. The second kappa shape index (κ2) is 5.08. The van der Waals surface area contributed by atoms with Gasteiger partial charge in [-0.15, -0.1) is 0 Å². The zero-order valence-corrected chi connectivity index (χ0v) is 11.3. The highest BCUT2D eigenvalue weighted by atomic mass is 14.9. The minimum absolute atomic E-state index is 0.598. The van der Waals surface area contributed by atoms with E-state index in [9.17, 15) is 0 Å². The summed E-state index contributed by atoms with van der Waals surface area (Å²) >= 11 is 0. The summed E-state index contributed by atoms with van der Waals surface area (Å²) in [7, 11) is 0. The second-order valence-corrected chi connectivity index (χ2v) is 6.64. The first-order valence-corrected chi connectivity index (χ1v) is 7.37. The number of hydrogen-bond donors (Lipinski definition) is 1. The van der Waals surface area contributed by atoms with Crippen LogP contribution in [0.1, 0.15) is 71.6 Å². The van der Waals surface area contributed by atoms with E-state index in [4.69, 9.17) is 0 Å². The zero-order valence-electron chi connectivity index (χ0n) is 11.3. The van der Waals surface area contributed by atoms with Crippen LogP contribution in [-0.4, -0.2) is 13.1 Å². The van der Waals surface area contributed by atoms with E-state index in [0.717, 1.165) is 0 Å². The van der Waals surface area contributed by atoms with Crippen molar-refractivity contribution in [3.63, 3.8) is 0 Å². The third kappa shape index (κ3) is 2.45. The lowest BCUT2D eigenvalue weighted by Gasteiger charge is -2.46. The Bertz CT molecular complexity index is 181. The fourth-order valence-electron chi connectivity index (χ4n) is 3.93. The SMILES string of the molecule is CC1(C2(C)CCCNCC2)CCCCCC1. The third-order valence-electron chi connectivity index (χ3n) is 5.60. The highest BCUT2D eigenvalue weighted by molar-refractivity contribution is 4.94. The zero-order chi connectivity index (χ0) is 11.5. The van der Waals surface area contributed by atoms with Gasteiger partial charge in [0.05, 0.1) is 0 Å². The van der Waals surface area contributed by atoms with Gasteiger partial charge in [0.25, 0.3) is 0 Å². The van der Waals surface area contributed by atoms with Crippen LogP contribution in [-0.2, 0) is 0 Å². The van der Waals surface area contributed by atoms with Gasteiger partial charge in [-0.1, -0.05) is 39.5 Å². The normalized spacial score (nSPS) is 36.4. The van der Waals surface area contributed by atoms with Crippen LogP contribution in [0.5, 0.6) is 0 Å². The Hall–Kier alpha value is -0.0400. The van der Waals surface area contributed by atoms with Crippen LogP contribution >= 0.6 is 0 Å². The summed E-state index contributed by atoms with van der Waals surface area (Å²) in [6.45, 7) is 7.65. The van der Waals surface area contributed by atoms with E-state index in [1.54, 1.807) is 0 Å². The van der Waals surface area contributed by atoms with E-state index in [-0.39, 0.29) is 0 Å². The van der Waals surface area contributed by atoms with Gasteiger partial charge >= 0.3 is 0 Å². The molecule has 1 aliphatic carbocycles. The van der Waals surface area contributed by atoms with Gasteiger partial charge in [0.15, 0.2) is 0 Å². The quantitative estimate of drug-likeness (QED) is 0.659. The molecule has 1 aliphatic heterocycles. The predicted molar refractivity (Wildman–Crippen MR) is 70.6 cm³/mol. The van der Waals surface area contributed by atoms with E-state index < -0.39 is 0 Å². The molecule has 0 aromatic carbocycles. The maximum absolute atomic E-state index is 3.57. The Kier molecular flexibility index (Phi) is 3.94. The molecule has 2 fully saturated rings. The average molecular weight is 223 g/mol. The summed E-state index contributed by atoms with van der Waals surface area (Å²) in [5.74, 6) is 0. The first-order chi connectivity index (χ1) is 7.66. The van der Waals surface area contributed by atoms with Gasteiger partial charge in [-0.25, -0.2) is 0 Å². The molecule has 0 bridgehead atoms. The minimum Gasteiger partial charge on any atom is -0.317 e. The summed E-state index contributed by atoms with van der Waals surface area (Å²) in [6, 6.07) is 0. The molecule has 1 saturated heterocycles. The molecule has 1 saturated carbocycles. The predicted octanol–water partition coefficient (Wildman–Crippen LogP) is 4.13. The van der Waals surface area contributed by atoms with Crippen LogP contribution in [0.2, 0.25) is 0 Å². The van der Waals surface area contributed by atoms with Crippen molar-refractivity contribution >= 4 is 0 Å². The van der Waals surface area contributed by atoms with Crippen LogP contribution in [0.25, 0.3) is 0 Å². The van der Waals surface area contributed by atoms with E-state index in [2.05, 4.69) is 19.2 Å². The Labute approximate surface area is 101 Å². The van der Waals surface area contributed by atoms with E-state index in [1.807, 2.05) is 0 Å². The van der Waals surface area contributed by atoms with Crippen LogP contribution in [0.15, 0.2) is 0 Å². The minimum atomic E-state index is 0.598. The third-order valence-corrected chi connectivity index (χ3v) is 5.60. The lowest BCUT2D eigenvalue weighted by Crippen LogP contribution is -2.38. The Morgan fingerprint density at radius 3 is 1.88 bits per heavy atom. The molecule has 0 spiro atoms. The summed E-state index contributed by atoms with van der Waals surface area (Å²) in [6.07, 6.45) is 13.1. The van der Waals surface area contributed by atoms with E-state index >= 15 is 0 Å². The first-order valence-electron chi connectivity index (χ1n) is 7.37. The first kappa shape index (κ1) is 12.4. The van der Waals surface area contributed by atoms with Gasteiger partial charge < -0.3 is 5.32 Å². The molecule has 1 unspecified atom stereocenters. The summed E-state index contributed by atoms with van der Waals surface area (Å²) in [5, 5.41) is 3.57. The van der Waals surface area contributed by atoms with Gasteiger partial charge in [-0.05, 0) is 56.0 Å². The Morgan fingerprint density at radius 1 is 0.625 bits per heavy atom. The molecule has 1 atom stereocenters. The van der Waals surface area contributed by atoms with Gasteiger partial charge in [0, 0.05) is 0 Å². The second-order valence-electron chi connectivity index (χ2n) is 6.64. The fourth-order valence-corrected chi connectivity index (χ4v) is 3.93. The molecule has 0 radical (unpaired) electrons. The number of rotatable bonds is 1. The summed E-state index contributed by atoms with van der Waals surface area (Å²) < 4.78 is 0. The molecule has 0 amide bonds. The topological polar surface area (TPSA) is 12.0 Å². The van der Waals surface area contributed by atoms with Crippen molar-refractivity contribution in [2.24, 2.45) is 10.8 Å². The average Bonchev–Trinajstić information content (AvgIpc) is 2.61. The van der Waals surface area contributed by atoms with Gasteiger partial charge in [-0.2, -0.15) is 0 Å². The van der Waals surface area contributed by atoms with Crippen molar-refractivity contribution in [2.45, 2.75) is 71.6 Å². The Balaban J connectivity index is 2.11. The van der Waals surface area contributed by atoms with Crippen LogP contribution in [0, 0.1) is 10.8 Å². The maximum Gasteiger partial charge on any atom is -0.00435 e. The van der Waals surface area contributed by atoms with Crippen molar-refractivity contribution in [1.29, 1.82) is 0 Å². The molecule has 1 heteroatoms. The number of nitrogens with one attached hydrogen (secondary N) is 1. The smallest absolute Gasteiger partial charge is 0.00435 e. The van der Waals surface area contributed by atoms with Gasteiger partial charge in [0.1, 0.15) is 0 Å². The summed E-state index contributed by atoms with van der Waals surface area (Å²) in [4.78, 5) is 0. The molecule has 1 nitrogen and oxygen atoms in total. The van der Waals surface area contributed by atoms with Crippen molar-refractivity contribution in [3.8, 4) is 0 Å². The van der Waals surface area contributed by atoms with Crippen LogP contribution in [0.3, 0.4) is 0 Å². The van der Waals surface area contributed by atoms with E-state index in [1.165, 1.54) is 70.9 Å². The van der Waals surface area contributed by atoms with Crippen molar-refractivity contribution in [1.82, 2.24) is 5.32 Å². The lowest BCUT2D eigenvalue weighted by molar-refractivity contribution is 0.0381.